The summed E-state index contributed by atoms with van der Waals surface area (Å²) >= 11 is 12.1. The molecule has 3 rings (SSSR count). The van der Waals surface area contributed by atoms with E-state index in [1.807, 2.05) is 24.3 Å². The molecule has 0 saturated heterocycles. The van der Waals surface area contributed by atoms with Crippen LogP contribution < -0.4 is 5.32 Å². The second-order valence-electron chi connectivity index (χ2n) is 5.54. The molecule has 0 aliphatic heterocycles. The average molecular weight is 306 g/mol. The molecule has 20 heavy (non-hydrogen) atoms. The summed E-state index contributed by atoms with van der Waals surface area (Å²) < 4.78 is 0. The van der Waals surface area contributed by atoms with Crippen molar-refractivity contribution in [2.24, 2.45) is 0 Å². The summed E-state index contributed by atoms with van der Waals surface area (Å²) in [5.74, 6) is 0.633. The SMILES string of the molecule is Cc1ccc(Cl)c(NC2CC(c3ccc(Cl)cc3)C2)c1. The van der Waals surface area contributed by atoms with Gasteiger partial charge in [-0.2, -0.15) is 0 Å². The lowest BCUT2D eigenvalue weighted by atomic mass is 9.76. The maximum atomic E-state index is 6.22. The van der Waals surface area contributed by atoms with Gasteiger partial charge < -0.3 is 5.32 Å². The van der Waals surface area contributed by atoms with E-state index in [1.54, 1.807) is 0 Å². The highest BCUT2D eigenvalue weighted by Gasteiger charge is 2.30. The van der Waals surface area contributed by atoms with Gasteiger partial charge in [0, 0.05) is 11.1 Å². The summed E-state index contributed by atoms with van der Waals surface area (Å²) in [6, 6.07) is 14.8. The molecule has 0 radical (unpaired) electrons. The average Bonchev–Trinajstić information content (AvgIpc) is 2.39. The molecule has 0 spiro atoms. The number of halogens is 2. The van der Waals surface area contributed by atoms with Gasteiger partial charge >= 0.3 is 0 Å². The lowest BCUT2D eigenvalue weighted by Crippen LogP contribution is -2.34. The first-order chi connectivity index (χ1) is 9.61. The van der Waals surface area contributed by atoms with Crippen molar-refractivity contribution in [3.63, 3.8) is 0 Å². The number of nitrogens with one attached hydrogen (secondary N) is 1. The number of aryl methyl sites for hydroxylation is 1. The molecule has 0 atom stereocenters. The summed E-state index contributed by atoms with van der Waals surface area (Å²) in [6.07, 6.45) is 2.29. The topological polar surface area (TPSA) is 12.0 Å². The molecular weight excluding hydrogens is 289 g/mol. The maximum Gasteiger partial charge on any atom is 0.0637 e. The monoisotopic (exact) mass is 305 g/mol. The molecule has 1 nitrogen and oxygen atoms in total. The summed E-state index contributed by atoms with van der Waals surface area (Å²) in [4.78, 5) is 0. The Morgan fingerprint density at radius 3 is 2.40 bits per heavy atom. The molecule has 2 aromatic carbocycles. The number of hydrogen-bond donors (Lipinski definition) is 1. The molecule has 0 heterocycles. The Hall–Kier alpha value is -1.18. The van der Waals surface area contributed by atoms with Crippen LogP contribution in [-0.2, 0) is 0 Å². The van der Waals surface area contributed by atoms with Crippen LogP contribution in [0.4, 0.5) is 5.69 Å². The summed E-state index contributed by atoms with van der Waals surface area (Å²) in [5.41, 5.74) is 3.65. The van der Waals surface area contributed by atoms with Crippen molar-refractivity contribution in [3.05, 3.63) is 63.6 Å². The summed E-state index contributed by atoms with van der Waals surface area (Å²) in [7, 11) is 0. The van der Waals surface area contributed by atoms with Crippen molar-refractivity contribution in [1.29, 1.82) is 0 Å². The van der Waals surface area contributed by atoms with Gasteiger partial charge in [-0.05, 0) is 61.1 Å². The molecule has 1 aliphatic carbocycles. The molecular formula is C17H17Cl2N. The molecule has 2 aromatic rings. The molecule has 0 unspecified atom stereocenters. The van der Waals surface area contributed by atoms with E-state index in [0.29, 0.717) is 12.0 Å². The zero-order valence-electron chi connectivity index (χ0n) is 11.4. The van der Waals surface area contributed by atoms with E-state index in [-0.39, 0.29) is 0 Å². The van der Waals surface area contributed by atoms with Crippen molar-refractivity contribution >= 4 is 28.9 Å². The number of hydrogen-bond acceptors (Lipinski definition) is 1. The van der Waals surface area contributed by atoms with Crippen molar-refractivity contribution in [2.75, 3.05) is 5.32 Å². The number of anilines is 1. The molecule has 1 N–H and O–H groups in total. The van der Waals surface area contributed by atoms with E-state index >= 15 is 0 Å². The third-order valence-corrected chi connectivity index (χ3v) is 4.54. The molecule has 0 aromatic heterocycles. The van der Waals surface area contributed by atoms with Gasteiger partial charge in [-0.15, -0.1) is 0 Å². The van der Waals surface area contributed by atoms with E-state index in [2.05, 4.69) is 30.4 Å². The minimum atomic E-state index is 0.509. The van der Waals surface area contributed by atoms with E-state index in [0.717, 1.165) is 28.6 Å². The molecule has 1 saturated carbocycles. The molecule has 1 aliphatic rings. The standard InChI is InChI=1S/C17H17Cl2N/c1-11-2-7-16(19)17(8-11)20-15-9-13(10-15)12-3-5-14(18)6-4-12/h2-8,13,15,20H,9-10H2,1H3. The maximum absolute atomic E-state index is 6.22. The Labute approximate surface area is 129 Å². The second kappa shape index (κ2) is 5.67. The van der Waals surface area contributed by atoms with Crippen molar-refractivity contribution in [2.45, 2.75) is 31.7 Å². The van der Waals surface area contributed by atoms with Crippen LogP contribution in [0.25, 0.3) is 0 Å². The fourth-order valence-electron chi connectivity index (χ4n) is 2.71. The Balaban J connectivity index is 1.60. The minimum Gasteiger partial charge on any atom is -0.381 e. The van der Waals surface area contributed by atoms with E-state index in [4.69, 9.17) is 23.2 Å². The van der Waals surface area contributed by atoms with Gasteiger partial charge in [0.25, 0.3) is 0 Å². The highest BCUT2D eigenvalue weighted by atomic mass is 35.5. The van der Waals surface area contributed by atoms with Crippen LogP contribution in [0.15, 0.2) is 42.5 Å². The first-order valence-corrected chi connectivity index (χ1v) is 7.65. The van der Waals surface area contributed by atoms with Gasteiger partial charge in [0.2, 0.25) is 0 Å². The predicted molar refractivity (Wildman–Crippen MR) is 87.0 cm³/mol. The first-order valence-electron chi connectivity index (χ1n) is 6.90. The molecule has 104 valence electrons. The molecule has 0 bridgehead atoms. The van der Waals surface area contributed by atoms with Gasteiger partial charge in [-0.25, -0.2) is 0 Å². The third-order valence-electron chi connectivity index (χ3n) is 3.96. The Morgan fingerprint density at radius 1 is 1.00 bits per heavy atom. The van der Waals surface area contributed by atoms with Crippen molar-refractivity contribution < 1.29 is 0 Å². The van der Waals surface area contributed by atoms with Crippen LogP contribution in [0.3, 0.4) is 0 Å². The quantitative estimate of drug-likeness (QED) is 0.771. The first kappa shape index (κ1) is 13.8. The molecule has 0 amide bonds. The summed E-state index contributed by atoms with van der Waals surface area (Å²) in [6.45, 7) is 2.08. The fraction of sp³-hybridized carbons (Fsp3) is 0.294. The van der Waals surface area contributed by atoms with Gasteiger partial charge in [0.1, 0.15) is 0 Å². The summed E-state index contributed by atoms with van der Waals surface area (Å²) in [5, 5.41) is 5.14. The zero-order chi connectivity index (χ0) is 14.1. The highest BCUT2D eigenvalue weighted by molar-refractivity contribution is 6.33. The van der Waals surface area contributed by atoms with Crippen LogP contribution in [0.5, 0.6) is 0 Å². The second-order valence-corrected chi connectivity index (χ2v) is 6.39. The zero-order valence-corrected chi connectivity index (χ0v) is 12.9. The molecule has 1 fully saturated rings. The van der Waals surface area contributed by atoms with Crippen LogP contribution in [0.2, 0.25) is 10.0 Å². The van der Waals surface area contributed by atoms with Gasteiger partial charge in [-0.3, -0.25) is 0 Å². The largest absolute Gasteiger partial charge is 0.381 e. The van der Waals surface area contributed by atoms with Gasteiger partial charge in [0.05, 0.1) is 10.7 Å². The van der Waals surface area contributed by atoms with Crippen LogP contribution in [0, 0.1) is 6.92 Å². The fourth-order valence-corrected chi connectivity index (χ4v) is 3.01. The molecule has 3 heteroatoms. The highest BCUT2D eigenvalue weighted by Crippen LogP contribution is 2.39. The van der Waals surface area contributed by atoms with Crippen LogP contribution >= 0.6 is 23.2 Å². The lowest BCUT2D eigenvalue weighted by molar-refractivity contribution is 0.374. The number of rotatable bonds is 3. The van der Waals surface area contributed by atoms with E-state index in [1.165, 1.54) is 11.1 Å². The van der Waals surface area contributed by atoms with Crippen LogP contribution in [-0.4, -0.2) is 6.04 Å². The van der Waals surface area contributed by atoms with Gasteiger partial charge in [0.15, 0.2) is 0 Å². The minimum absolute atomic E-state index is 0.509. The van der Waals surface area contributed by atoms with E-state index < -0.39 is 0 Å². The van der Waals surface area contributed by atoms with Crippen molar-refractivity contribution in [1.82, 2.24) is 0 Å². The Morgan fingerprint density at radius 2 is 1.70 bits per heavy atom. The van der Waals surface area contributed by atoms with Crippen molar-refractivity contribution in [3.8, 4) is 0 Å². The Kier molecular flexibility index (Phi) is 3.91. The normalized spacial score (nSPS) is 21.4. The predicted octanol–water partition coefficient (Wildman–Crippen LogP) is 5.66. The smallest absolute Gasteiger partial charge is 0.0637 e. The third kappa shape index (κ3) is 2.94. The van der Waals surface area contributed by atoms with E-state index in [9.17, 15) is 0 Å². The van der Waals surface area contributed by atoms with Crippen LogP contribution in [0.1, 0.15) is 29.9 Å². The Bertz CT molecular complexity index is 601. The van der Waals surface area contributed by atoms with Gasteiger partial charge in [-0.1, -0.05) is 41.4 Å². The number of benzene rings is 2. The lowest BCUT2D eigenvalue weighted by Gasteiger charge is -2.37.